The molecule has 1 aromatic heterocycles. The second-order valence-electron chi connectivity index (χ2n) is 6.05. The summed E-state index contributed by atoms with van der Waals surface area (Å²) in [6.07, 6.45) is -0.307. The third-order valence-electron chi connectivity index (χ3n) is 4.06. The van der Waals surface area contributed by atoms with Gasteiger partial charge in [-0.2, -0.15) is 5.10 Å². The number of rotatable bonds is 8. The molecule has 0 bridgehead atoms. The van der Waals surface area contributed by atoms with Crippen LogP contribution in [0.15, 0.2) is 24.3 Å². The van der Waals surface area contributed by atoms with Crippen molar-refractivity contribution in [1.82, 2.24) is 9.78 Å². The number of aliphatic hydroxyl groups is 1. The summed E-state index contributed by atoms with van der Waals surface area (Å²) in [5, 5.41) is 14.5. The molecule has 0 fully saturated rings. The van der Waals surface area contributed by atoms with E-state index in [1.54, 1.807) is 35.9 Å². The van der Waals surface area contributed by atoms with Crippen LogP contribution in [-0.4, -0.2) is 39.2 Å². The lowest BCUT2D eigenvalue weighted by Crippen LogP contribution is -2.25. The van der Waals surface area contributed by atoms with Crippen molar-refractivity contribution >= 4 is 11.6 Å². The number of ketones is 2. The molecule has 6 heteroatoms. The van der Waals surface area contributed by atoms with E-state index in [0.29, 0.717) is 29.0 Å². The Balaban J connectivity index is 1.95. The Hall–Kier alpha value is -2.47. The van der Waals surface area contributed by atoms with E-state index >= 15 is 0 Å². The minimum absolute atomic E-state index is 0.0336. The highest BCUT2D eigenvalue weighted by atomic mass is 16.5. The second-order valence-corrected chi connectivity index (χ2v) is 6.05. The largest absolute Gasteiger partial charge is 0.491 e. The van der Waals surface area contributed by atoms with Gasteiger partial charge in [0, 0.05) is 17.7 Å². The lowest BCUT2D eigenvalue weighted by atomic mass is 10.1. The molecule has 0 saturated carbocycles. The fourth-order valence-corrected chi connectivity index (χ4v) is 2.77. The van der Waals surface area contributed by atoms with Gasteiger partial charge in [0.2, 0.25) is 0 Å². The molecule has 0 amide bonds. The molecule has 1 N–H and O–H groups in total. The zero-order valence-corrected chi connectivity index (χ0v) is 15.1. The van der Waals surface area contributed by atoms with Gasteiger partial charge in [0.05, 0.1) is 17.8 Å². The van der Waals surface area contributed by atoms with Crippen LogP contribution >= 0.6 is 0 Å². The van der Waals surface area contributed by atoms with Crippen LogP contribution in [0.2, 0.25) is 0 Å². The number of hydrogen-bond donors (Lipinski definition) is 1. The fraction of sp³-hybridized carbons (Fsp3) is 0.421. The standard InChI is InChI=1S/C19H24N2O4/c1-5-18(24)15-6-8-17(9-7-15)25-11-16(23)10-21-13(3)19(14(4)22)12(2)20-21/h6-9,16,23H,5,10-11H2,1-4H3/t16-/m1/s1. The molecule has 1 heterocycles. The van der Waals surface area contributed by atoms with Crippen molar-refractivity contribution in [2.24, 2.45) is 0 Å². The summed E-state index contributed by atoms with van der Waals surface area (Å²) in [4.78, 5) is 23.2. The monoisotopic (exact) mass is 344 g/mol. The predicted octanol–water partition coefficient (Wildman–Crippen LogP) is 2.74. The Morgan fingerprint density at radius 3 is 2.40 bits per heavy atom. The molecule has 0 aliphatic carbocycles. The van der Waals surface area contributed by atoms with Gasteiger partial charge in [-0.05, 0) is 45.0 Å². The molecule has 0 saturated heterocycles. The number of aliphatic hydroxyl groups excluding tert-OH is 1. The van der Waals surface area contributed by atoms with E-state index in [1.165, 1.54) is 6.92 Å². The Bertz CT molecular complexity index is 762. The quantitative estimate of drug-likeness (QED) is 0.745. The van der Waals surface area contributed by atoms with Crippen molar-refractivity contribution in [3.8, 4) is 5.75 Å². The molecule has 0 spiro atoms. The molecule has 25 heavy (non-hydrogen) atoms. The minimum atomic E-state index is -0.769. The lowest BCUT2D eigenvalue weighted by Gasteiger charge is -2.14. The number of hydrogen-bond acceptors (Lipinski definition) is 5. The van der Waals surface area contributed by atoms with Crippen LogP contribution < -0.4 is 4.74 Å². The van der Waals surface area contributed by atoms with E-state index in [0.717, 1.165) is 5.69 Å². The minimum Gasteiger partial charge on any atom is -0.491 e. The maximum absolute atomic E-state index is 11.6. The number of Topliss-reactive ketones (excluding diaryl/α,β-unsaturated/α-hetero) is 2. The van der Waals surface area contributed by atoms with Crippen molar-refractivity contribution in [3.63, 3.8) is 0 Å². The zero-order chi connectivity index (χ0) is 18.6. The first-order chi connectivity index (χ1) is 11.8. The maximum Gasteiger partial charge on any atom is 0.163 e. The van der Waals surface area contributed by atoms with E-state index in [4.69, 9.17) is 4.74 Å². The summed E-state index contributed by atoms with van der Waals surface area (Å²) in [7, 11) is 0. The summed E-state index contributed by atoms with van der Waals surface area (Å²) in [6.45, 7) is 7.25. The average Bonchev–Trinajstić information content (AvgIpc) is 2.86. The molecular weight excluding hydrogens is 320 g/mol. The van der Waals surface area contributed by atoms with Gasteiger partial charge in [0.15, 0.2) is 11.6 Å². The predicted molar refractivity (Wildman–Crippen MR) is 94.3 cm³/mol. The van der Waals surface area contributed by atoms with Crippen LogP contribution in [0.25, 0.3) is 0 Å². The number of carbonyl (C=O) groups excluding carboxylic acids is 2. The average molecular weight is 344 g/mol. The number of nitrogens with zero attached hydrogens (tertiary/aromatic N) is 2. The molecule has 0 radical (unpaired) electrons. The molecule has 2 aromatic rings. The molecule has 134 valence electrons. The lowest BCUT2D eigenvalue weighted by molar-refractivity contribution is 0.0884. The topological polar surface area (TPSA) is 81.4 Å². The van der Waals surface area contributed by atoms with Crippen LogP contribution in [0.1, 0.15) is 52.4 Å². The van der Waals surface area contributed by atoms with Crippen LogP contribution in [0.4, 0.5) is 0 Å². The Kier molecular flexibility index (Phi) is 6.09. The van der Waals surface area contributed by atoms with Crippen molar-refractivity contribution < 1.29 is 19.4 Å². The van der Waals surface area contributed by atoms with Crippen LogP contribution in [0.3, 0.4) is 0 Å². The number of benzene rings is 1. The number of ether oxygens (including phenoxy) is 1. The second kappa shape index (κ2) is 8.07. The highest BCUT2D eigenvalue weighted by Crippen LogP contribution is 2.16. The van der Waals surface area contributed by atoms with E-state index < -0.39 is 6.10 Å². The molecule has 1 atom stereocenters. The van der Waals surface area contributed by atoms with Gasteiger partial charge in [-0.25, -0.2) is 0 Å². The number of aryl methyl sites for hydroxylation is 1. The van der Waals surface area contributed by atoms with Gasteiger partial charge in [0.1, 0.15) is 18.5 Å². The highest BCUT2D eigenvalue weighted by Gasteiger charge is 2.17. The summed E-state index contributed by atoms with van der Waals surface area (Å²) in [5.74, 6) is 0.635. The first kappa shape index (κ1) is 18.9. The van der Waals surface area contributed by atoms with Crippen molar-refractivity contribution in [1.29, 1.82) is 0 Å². The SMILES string of the molecule is CCC(=O)c1ccc(OC[C@H](O)Cn2nc(C)c(C(C)=O)c2C)cc1. The summed E-state index contributed by atoms with van der Waals surface area (Å²) in [5.41, 5.74) is 2.65. The summed E-state index contributed by atoms with van der Waals surface area (Å²) < 4.78 is 7.19. The van der Waals surface area contributed by atoms with Gasteiger partial charge in [-0.3, -0.25) is 14.3 Å². The van der Waals surface area contributed by atoms with Gasteiger partial charge in [-0.15, -0.1) is 0 Å². The Morgan fingerprint density at radius 1 is 1.24 bits per heavy atom. The molecule has 1 aromatic carbocycles. The van der Waals surface area contributed by atoms with E-state index in [1.807, 2.05) is 13.8 Å². The highest BCUT2D eigenvalue weighted by molar-refractivity contribution is 5.96. The van der Waals surface area contributed by atoms with Crippen molar-refractivity contribution in [3.05, 3.63) is 46.8 Å². The van der Waals surface area contributed by atoms with Gasteiger partial charge < -0.3 is 9.84 Å². The van der Waals surface area contributed by atoms with E-state index in [2.05, 4.69) is 5.10 Å². The molecule has 0 aliphatic rings. The van der Waals surface area contributed by atoms with Crippen molar-refractivity contribution in [2.45, 2.75) is 46.8 Å². The summed E-state index contributed by atoms with van der Waals surface area (Å²) in [6, 6.07) is 6.86. The number of carbonyl (C=O) groups is 2. The van der Waals surface area contributed by atoms with Crippen LogP contribution in [0.5, 0.6) is 5.75 Å². The van der Waals surface area contributed by atoms with E-state index in [9.17, 15) is 14.7 Å². The fourth-order valence-electron chi connectivity index (χ4n) is 2.77. The normalized spacial score (nSPS) is 12.0. The van der Waals surface area contributed by atoms with Crippen LogP contribution in [-0.2, 0) is 6.54 Å². The van der Waals surface area contributed by atoms with Crippen LogP contribution in [0, 0.1) is 13.8 Å². The molecule has 2 rings (SSSR count). The van der Waals surface area contributed by atoms with Gasteiger partial charge in [0.25, 0.3) is 0 Å². The third-order valence-corrected chi connectivity index (χ3v) is 4.06. The molecular formula is C19H24N2O4. The first-order valence-electron chi connectivity index (χ1n) is 8.32. The van der Waals surface area contributed by atoms with E-state index in [-0.39, 0.29) is 24.7 Å². The molecule has 6 nitrogen and oxygen atoms in total. The number of aromatic nitrogens is 2. The summed E-state index contributed by atoms with van der Waals surface area (Å²) >= 11 is 0. The third kappa shape index (κ3) is 4.54. The Labute approximate surface area is 147 Å². The molecule has 0 unspecified atom stereocenters. The maximum atomic E-state index is 11.6. The zero-order valence-electron chi connectivity index (χ0n) is 15.1. The van der Waals surface area contributed by atoms with Gasteiger partial charge in [-0.1, -0.05) is 6.92 Å². The smallest absolute Gasteiger partial charge is 0.163 e. The Morgan fingerprint density at radius 2 is 1.88 bits per heavy atom. The first-order valence-corrected chi connectivity index (χ1v) is 8.32. The van der Waals surface area contributed by atoms with Gasteiger partial charge >= 0.3 is 0 Å². The molecule has 0 aliphatic heterocycles. The van der Waals surface area contributed by atoms with Crippen molar-refractivity contribution in [2.75, 3.05) is 6.61 Å².